The molecule has 1 aromatic carbocycles. The van der Waals surface area contributed by atoms with E-state index >= 15 is 0 Å². The summed E-state index contributed by atoms with van der Waals surface area (Å²) in [6.45, 7) is 8.63. The third-order valence-electron chi connectivity index (χ3n) is 4.65. The molecule has 1 aliphatic heterocycles. The van der Waals surface area contributed by atoms with E-state index in [1.54, 1.807) is 0 Å². The van der Waals surface area contributed by atoms with Crippen LogP contribution in [0.2, 0.25) is 0 Å². The molecule has 1 aliphatic rings. The Kier molecular flexibility index (Phi) is 4.71. The highest BCUT2D eigenvalue weighted by Gasteiger charge is 2.24. The van der Waals surface area contributed by atoms with Crippen molar-refractivity contribution in [3.05, 3.63) is 41.7 Å². The maximum absolute atomic E-state index is 5.49. The molecular weight excluding hydrogens is 286 g/mol. The van der Waals surface area contributed by atoms with Crippen molar-refractivity contribution in [3.63, 3.8) is 0 Å². The lowest BCUT2D eigenvalue weighted by molar-refractivity contribution is 0.0819. The average molecular weight is 313 g/mol. The number of aromatic nitrogens is 2. The Balaban J connectivity index is 1.91. The molecule has 1 aromatic heterocycles. The van der Waals surface area contributed by atoms with Crippen LogP contribution in [0.25, 0.3) is 5.69 Å². The summed E-state index contributed by atoms with van der Waals surface area (Å²) in [5.41, 5.74) is 4.84. The molecule has 0 bridgehead atoms. The number of aryl methyl sites for hydroxylation is 1. The van der Waals surface area contributed by atoms with E-state index in [1.165, 1.54) is 16.9 Å². The number of rotatable bonds is 4. The molecular formula is C19H27N3O. The van der Waals surface area contributed by atoms with E-state index in [1.807, 2.05) is 11.8 Å². The minimum absolute atomic E-state index is 0.403. The number of nitrogens with zero attached hydrogens (tertiary/aromatic N) is 3. The molecule has 2 aromatic rings. The van der Waals surface area contributed by atoms with E-state index in [0.29, 0.717) is 12.0 Å². The highest BCUT2D eigenvalue weighted by atomic mass is 16.5. The summed E-state index contributed by atoms with van der Waals surface area (Å²) < 4.78 is 7.52. The first kappa shape index (κ1) is 16.1. The van der Waals surface area contributed by atoms with E-state index in [0.717, 1.165) is 31.6 Å². The van der Waals surface area contributed by atoms with E-state index < -0.39 is 0 Å². The van der Waals surface area contributed by atoms with Gasteiger partial charge < -0.3 is 9.64 Å². The van der Waals surface area contributed by atoms with Gasteiger partial charge >= 0.3 is 0 Å². The number of benzene rings is 1. The summed E-state index contributed by atoms with van der Waals surface area (Å²) in [4.78, 5) is 2.46. The number of hydrogen-bond acceptors (Lipinski definition) is 3. The van der Waals surface area contributed by atoms with Gasteiger partial charge in [-0.3, -0.25) is 0 Å². The maximum Gasteiger partial charge on any atom is 0.0887 e. The number of anilines is 1. The van der Waals surface area contributed by atoms with Gasteiger partial charge in [-0.2, -0.15) is 5.10 Å². The zero-order valence-electron chi connectivity index (χ0n) is 14.6. The Morgan fingerprint density at radius 1 is 1.22 bits per heavy atom. The van der Waals surface area contributed by atoms with E-state index in [4.69, 9.17) is 9.84 Å². The van der Waals surface area contributed by atoms with E-state index in [-0.39, 0.29) is 0 Å². The lowest BCUT2D eigenvalue weighted by Gasteiger charge is -2.32. The minimum Gasteiger partial charge on any atom is -0.381 e. The maximum atomic E-state index is 5.49. The number of ether oxygens (including phenoxy) is 1. The quantitative estimate of drug-likeness (QED) is 0.857. The third-order valence-corrected chi connectivity index (χ3v) is 4.65. The molecule has 2 heterocycles. The zero-order valence-corrected chi connectivity index (χ0v) is 14.6. The van der Waals surface area contributed by atoms with Gasteiger partial charge in [0.15, 0.2) is 0 Å². The van der Waals surface area contributed by atoms with Crippen molar-refractivity contribution in [2.24, 2.45) is 0 Å². The summed E-state index contributed by atoms with van der Waals surface area (Å²) in [7, 11) is 1.82. The van der Waals surface area contributed by atoms with Crippen LogP contribution in [0.15, 0.2) is 30.5 Å². The van der Waals surface area contributed by atoms with Gasteiger partial charge in [0.25, 0.3) is 0 Å². The van der Waals surface area contributed by atoms with Gasteiger partial charge in [-0.1, -0.05) is 26.0 Å². The van der Waals surface area contributed by atoms with Crippen LogP contribution in [0, 0.1) is 6.92 Å². The fourth-order valence-electron chi connectivity index (χ4n) is 3.27. The topological polar surface area (TPSA) is 30.3 Å². The van der Waals surface area contributed by atoms with Crippen LogP contribution in [0.1, 0.15) is 43.9 Å². The third kappa shape index (κ3) is 3.42. The first-order valence-corrected chi connectivity index (χ1v) is 8.53. The van der Waals surface area contributed by atoms with Gasteiger partial charge in [-0.25, -0.2) is 4.68 Å². The standard InChI is InChI=1S/C19H27N3O/c1-14(2)19-18(21-10-8-17(23-4)9-11-21)13-22(20-19)16-7-5-6-15(3)12-16/h5-7,12-14,17H,8-11H2,1-4H3. The van der Waals surface area contributed by atoms with Crippen molar-refractivity contribution < 1.29 is 4.74 Å². The summed E-state index contributed by atoms with van der Waals surface area (Å²) in [5, 5.41) is 4.88. The van der Waals surface area contributed by atoms with Gasteiger partial charge in [0, 0.05) is 20.2 Å². The fraction of sp³-hybridized carbons (Fsp3) is 0.526. The van der Waals surface area contributed by atoms with Crippen molar-refractivity contribution in [2.45, 2.75) is 45.6 Å². The largest absolute Gasteiger partial charge is 0.381 e. The van der Waals surface area contributed by atoms with Crippen LogP contribution in [0.4, 0.5) is 5.69 Å². The van der Waals surface area contributed by atoms with Crippen LogP contribution >= 0.6 is 0 Å². The summed E-state index contributed by atoms with van der Waals surface area (Å²) in [6.07, 6.45) is 4.77. The normalized spacial score (nSPS) is 16.3. The minimum atomic E-state index is 0.403. The van der Waals surface area contributed by atoms with Gasteiger partial charge in [0.05, 0.1) is 29.4 Å². The second-order valence-electron chi connectivity index (χ2n) is 6.76. The molecule has 3 rings (SSSR count). The lowest BCUT2D eigenvalue weighted by atomic mass is 10.0. The van der Waals surface area contributed by atoms with E-state index in [9.17, 15) is 0 Å². The smallest absolute Gasteiger partial charge is 0.0887 e. The highest BCUT2D eigenvalue weighted by molar-refractivity contribution is 5.53. The molecule has 1 fully saturated rings. The molecule has 0 amide bonds. The van der Waals surface area contributed by atoms with Gasteiger partial charge in [-0.05, 0) is 43.4 Å². The van der Waals surface area contributed by atoms with Crippen molar-refractivity contribution >= 4 is 5.69 Å². The molecule has 23 heavy (non-hydrogen) atoms. The summed E-state index contributed by atoms with van der Waals surface area (Å²) in [5.74, 6) is 0.413. The molecule has 1 saturated heterocycles. The molecule has 0 saturated carbocycles. The van der Waals surface area contributed by atoms with Crippen molar-refractivity contribution in [1.82, 2.24) is 9.78 Å². The van der Waals surface area contributed by atoms with Crippen molar-refractivity contribution in [2.75, 3.05) is 25.1 Å². The second-order valence-corrected chi connectivity index (χ2v) is 6.76. The monoisotopic (exact) mass is 313 g/mol. The summed E-state index contributed by atoms with van der Waals surface area (Å²) in [6, 6.07) is 8.50. The van der Waals surface area contributed by atoms with Crippen LogP contribution in [-0.2, 0) is 4.74 Å². The molecule has 4 nitrogen and oxygen atoms in total. The van der Waals surface area contributed by atoms with Crippen LogP contribution in [-0.4, -0.2) is 36.1 Å². The first-order valence-electron chi connectivity index (χ1n) is 8.53. The molecule has 0 N–H and O–H groups in total. The predicted molar refractivity (Wildman–Crippen MR) is 94.6 cm³/mol. The number of piperidine rings is 1. The van der Waals surface area contributed by atoms with Gasteiger partial charge in [0.2, 0.25) is 0 Å². The van der Waals surface area contributed by atoms with Crippen LogP contribution in [0.3, 0.4) is 0 Å². The van der Waals surface area contributed by atoms with Crippen molar-refractivity contribution in [1.29, 1.82) is 0 Å². The summed E-state index contributed by atoms with van der Waals surface area (Å²) >= 11 is 0. The first-order chi connectivity index (χ1) is 11.1. The molecule has 0 unspecified atom stereocenters. The van der Waals surface area contributed by atoms with Crippen molar-refractivity contribution in [3.8, 4) is 5.69 Å². The molecule has 0 spiro atoms. The molecule has 0 radical (unpaired) electrons. The Labute approximate surface area is 139 Å². The van der Waals surface area contributed by atoms with Gasteiger partial charge in [0.1, 0.15) is 0 Å². The predicted octanol–water partition coefficient (Wildman–Crippen LogP) is 3.92. The number of methoxy groups -OCH3 is 1. The second kappa shape index (κ2) is 6.75. The zero-order chi connectivity index (χ0) is 16.4. The van der Waals surface area contributed by atoms with E-state index in [2.05, 4.69) is 56.1 Å². The van der Waals surface area contributed by atoms with Crippen LogP contribution in [0.5, 0.6) is 0 Å². The molecule has 4 heteroatoms. The average Bonchev–Trinajstić information content (AvgIpc) is 3.00. The Morgan fingerprint density at radius 2 is 1.96 bits per heavy atom. The SMILES string of the molecule is COC1CCN(c2cn(-c3cccc(C)c3)nc2C(C)C)CC1. The highest BCUT2D eigenvalue weighted by Crippen LogP contribution is 2.30. The van der Waals surface area contributed by atoms with Gasteiger partial charge in [-0.15, -0.1) is 0 Å². The lowest BCUT2D eigenvalue weighted by Crippen LogP contribution is -2.37. The molecule has 124 valence electrons. The number of hydrogen-bond donors (Lipinski definition) is 0. The fourth-order valence-corrected chi connectivity index (χ4v) is 3.27. The molecule has 0 aliphatic carbocycles. The Morgan fingerprint density at radius 3 is 2.57 bits per heavy atom. The Bertz CT molecular complexity index is 654. The van der Waals surface area contributed by atoms with Crippen LogP contribution < -0.4 is 4.90 Å². The molecule has 0 atom stereocenters. The Hall–Kier alpha value is -1.81.